The fourth-order valence-electron chi connectivity index (χ4n) is 1.98. The number of nitrogens with two attached hydrogens (primary N) is 1. The number of anilines is 2. The lowest BCUT2D eigenvalue weighted by molar-refractivity contribution is 1.07. The van der Waals surface area contributed by atoms with Crippen molar-refractivity contribution in [3.63, 3.8) is 0 Å². The molecule has 3 rings (SSSR count). The third kappa shape index (κ3) is 2.55. The van der Waals surface area contributed by atoms with E-state index in [-0.39, 0.29) is 0 Å². The Kier molecular flexibility index (Phi) is 3.23. The smallest absolute Gasteiger partial charge is 0.223 e. The molecule has 0 unspecified atom stereocenters. The van der Waals surface area contributed by atoms with Crippen molar-refractivity contribution in [2.24, 2.45) is 0 Å². The predicted molar refractivity (Wildman–Crippen MR) is 82.9 cm³/mol. The first-order valence-electron chi connectivity index (χ1n) is 6.31. The maximum absolute atomic E-state index is 5.75. The number of nitrogens with one attached hydrogen (secondary N) is 1. The van der Waals surface area contributed by atoms with E-state index < -0.39 is 0 Å². The van der Waals surface area contributed by atoms with Crippen molar-refractivity contribution in [2.45, 2.75) is 20.4 Å². The highest BCUT2D eigenvalue weighted by atomic mass is 32.1. The monoisotopic (exact) mass is 285 g/mol. The quantitative estimate of drug-likeness (QED) is 0.773. The first-order chi connectivity index (χ1) is 9.61. The lowest BCUT2D eigenvalue weighted by atomic mass is 10.2. The summed E-state index contributed by atoms with van der Waals surface area (Å²) in [7, 11) is 0. The number of hydrogen-bond donors (Lipinski definition) is 2. The summed E-state index contributed by atoms with van der Waals surface area (Å²) in [4.78, 5) is 14.9. The molecule has 0 amide bonds. The summed E-state index contributed by atoms with van der Waals surface area (Å²) in [5.41, 5.74) is 7.87. The van der Waals surface area contributed by atoms with Crippen molar-refractivity contribution in [1.82, 2.24) is 15.0 Å². The second-order valence-corrected chi connectivity index (χ2v) is 5.90. The number of pyridine rings is 1. The summed E-state index contributed by atoms with van der Waals surface area (Å²) >= 11 is 1.62. The van der Waals surface area contributed by atoms with Crippen LogP contribution in [-0.4, -0.2) is 15.0 Å². The highest BCUT2D eigenvalue weighted by Crippen LogP contribution is 2.29. The molecule has 3 aromatic heterocycles. The van der Waals surface area contributed by atoms with Crippen LogP contribution in [0.25, 0.3) is 10.2 Å². The van der Waals surface area contributed by atoms with E-state index in [2.05, 4.69) is 39.3 Å². The average molecular weight is 285 g/mol. The Morgan fingerprint density at radius 2 is 2.10 bits per heavy atom. The summed E-state index contributed by atoms with van der Waals surface area (Å²) < 4.78 is 0. The van der Waals surface area contributed by atoms with Gasteiger partial charge in [0.1, 0.15) is 10.6 Å². The van der Waals surface area contributed by atoms with E-state index in [4.69, 9.17) is 5.73 Å². The maximum atomic E-state index is 5.75. The Morgan fingerprint density at radius 1 is 1.25 bits per heavy atom. The minimum absolute atomic E-state index is 0.295. The molecule has 0 aliphatic heterocycles. The number of hydrogen-bond acceptors (Lipinski definition) is 6. The molecule has 5 nitrogen and oxygen atoms in total. The molecule has 0 spiro atoms. The zero-order valence-corrected chi connectivity index (χ0v) is 12.2. The van der Waals surface area contributed by atoms with E-state index in [9.17, 15) is 0 Å². The number of thiophene rings is 1. The van der Waals surface area contributed by atoms with Crippen LogP contribution in [0.3, 0.4) is 0 Å². The van der Waals surface area contributed by atoms with Crippen LogP contribution in [0.2, 0.25) is 0 Å². The highest BCUT2D eigenvalue weighted by molar-refractivity contribution is 7.18. The van der Waals surface area contributed by atoms with Crippen molar-refractivity contribution >= 4 is 33.3 Å². The van der Waals surface area contributed by atoms with Crippen LogP contribution < -0.4 is 11.1 Å². The number of aryl methyl sites for hydroxylation is 2. The molecule has 6 heteroatoms. The molecule has 102 valence electrons. The van der Waals surface area contributed by atoms with Crippen molar-refractivity contribution in [3.05, 3.63) is 40.5 Å². The van der Waals surface area contributed by atoms with Crippen LogP contribution in [0.4, 0.5) is 11.8 Å². The summed E-state index contributed by atoms with van der Waals surface area (Å²) in [6.07, 6.45) is 1.86. The molecule has 0 aromatic carbocycles. The van der Waals surface area contributed by atoms with Crippen LogP contribution in [0.5, 0.6) is 0 Å². The van der Waals surface area contributed by atoms with Crippen LogP contribution in [0.15, 0.2) is 24.4 Å². The fourth-order valence-corrected chi connectivity index (χ4v) is 2.87. The van der Waals surface area contributed by atoms with Gasteiger partial charge in [-0.15, -0.1) is 11.3 Å². The molecule has 0 saturated heterocycles. The molecule has 0 aliphatic carbocycles. The van der Waals surface area contributed by atoms with Gasteiger partial charge in [-0.1, -0.05) is 6.07 Å². The maximum Gasteiger partial charge on any atom is 0.223 e. The van der Waals surface area contributed by atoms with Gasteiger partial charge in [0.15, 0.2) is 0 Å². The molecular formula is C14H15N5S. The number of rotatable bonds is 3. The molecule has 0 aliphatic rings. The SMILES string of the molecule is Cc1ccc(CNc2nc(N)nc3sc(C)cc23)cn1. The number of nitrogens with zero attached hydrogens (tertiary/aromatic N) is 3. The summed E-state index contributed by atoms with van der Waals surface area (Å²) in [6.45, 7) is 4.68. The topological polar surface area (TPSA) is 76.7 Å². The molecule has 0 radical (unpaired) electrons. The number of nitrogen functional groups attached to an aromatic ring is 1. The van der Waals surface area contributed by atoms with Crippen molar-refractivity contribution in [3.8, 4) is 0 Å². The molecule has 0 bridgehead atoms. The zero-order chi connectivity index (χ0) is 14.1. The van der Waals surface area contributed by atoms with E-state index in [1.165, 1.54) is 4.88 Å². The Morgan fingerprint density at radius 3 is 2.85 bits per heavy atom. The standard InChI is InChI=1S/C14H15N5S/c1-8-3-4-10(6-16-8)7-17-12-11-5-9(2)20-13(11)19-14(15)18-12/h3-6H,7H2,1-2H3,(H3,15,17,18,19). The van der Waals surface area contributed by atoms with Crippen LogP contribution in [0, 0.1) is 13.8 Å². The molecule has 0 fully saturated rings. The van der Waals surface area contributed by atoms with Crippen molar-refractivity contribution < 1.29 is 0 Å². The van der Waals surface area contributed by atoms with Crippen molar-refractivity contribution in [2.75, 3.05) is 11.1 Å². The molecule has 0 atom stereocenters. The van der Waals surface area contributed by atoms with Crippen molar-refractivity contribution in [1.29, 1.82) is 0 Å². The first kappa shape index (κ1) is 12.8. The van der Waals surface area contributed by atoms with Gasteiger partial charge >= 0.3 is 0 Å². The lowest BCUT2D eigenvalue weighted by Crippen LogP contribution is -2.05. The van der Waals surface area contributed by atoms with E-state index in [0.717, 1.165) is 27.3 Å². The average Bonchev–Trinajstić information content (AvgIpc) is 2.78. The molecule has 20 heavy (non-hydrogen) atoms. The van der Waals surface area contributed by atoms with Gasteiger partial charge in [-0.25, -0.2) is 4.98 Å². The normalized spacial score (nSPS) is 10.9. The van der Waals surface area contributed by atoms with Gasteiger partial charge in [0.05, 0.1) is 5.39 Å². The zero-order valence-electron chi connectivity index (χ0n) is 11.3. The fraction of sp³-hybridized carbons (Fsp3) is 0.214. The van der Waals surface area contributed by atoms with Crippen LogP contribution in [-0.2, 0) is 6.54 Å². The number of aromatic nitrogens is 3. The molecular weight excluding hydrogens is 270 g/mol. The lowest BCUT2D eigenvalue weighted by Gasteiger charge is -2.07. The summed E-state index contributed by atoms with van der Waals surface area (Å²) in [5.74, 6) is 1.07. The van der Waals surface area contributed by atoms with Gasteiger partial charge < -0.3 is 11.1 Å². The van der Waals surface area contributed by atoms with Gasteiger partial charge in [-0.2, -0.15) is 4.98 Å². The third-order valence-corrected chi connectivity index (χ3v) is 3.91. The molecule has 3 aromatic rings. The molecule has 3 N–H and O–H groups in total. The first-order valence-corrected chi connectivity index (χ1v) is 7.12. The highest BCUT2D eigenvalue weighted by Gasteiger charge is 2.09. The van der Waals surface area contributed by atoms with E-state index in [1.807, 2.05) is 19.2 Å². The largest absolute Gasteiger partial charge is 0.368 e. The summed E-state index contributed by atoms with van der Waals surface area (Å²) in [6, 6.07) is 6.13. The van der Waals surface area contributed by atoms with E-state index >= 15 is 0 Å². The van der Waals surface area contributed by atoms with Gasteiger partial charge in [0, 0.05) is 23.3 Å². The summed E-state index contributed by atoms with van der Waals surface area (Å²) in [5, 5.41) is 4.33. The van der Waals surface area contributed by atoms with Crippen LogP contribution in [0.1, 0.15) is 16.1 Å². The van der Waals surface area contributed by atoms with E-state index in [0.29, 0.717) is 12.5 Å². The second-order valence-electron chi connectivity index (χ2n) is 4.67. The van der Waals surface area contributed by atoms with Gasteiger partial charge in [-0.3, -0.25) is 4.98 Å². The minimum atomic E-state index is 0.295. The Labute approximate surface area is 120 Å². The Hall–Kier alpha value is -2.21. The minimum Gasteiger partial charge on any atom is -0.368 e. The van der Waals surface area contributed by atoms with Gasteiger partial charge in [-0.05, 0) is 31.5 Å². The van der Waals surface area contributed by atoms with Gasteiger partial charge in [0.25, 0.3) is 0 Å². The van der Waals surface area contributed by atoms with Crippen LogP contribution >= 0.6 is 11.3 Å². The third-order valence-electron chi connectivity index (χ3n) is 2.97. The Balaban J connectivity index is 1.88. The van der Waals surface area contributed by atoms with Gasteiger partial charge in [0.2, 0.25) is 5.95 Å². The molecule has 3 heterocycles. The second kappa shape index (κ2) is 5.05. The number of fused-ring (bicyclic) bond motifs is 1. The predicted octanol–water partition coefficient (Wildman–Crippen LogP) is 2.90. The van der Waals surface area contributed by atoms with E-state index in [1.54, 1.807) is 11.3 Å². The Bertz CT molecular complexity index is 748. The molecule has 0 saturated carbocycles.